The summed E-state index contributed by atoms with van der Waals surface area (Å²) in [5, 5.41) is 0. The van der Waals surface area contributed by atoms with Gasteiger partial charge in [0, 0.05) is 17.8 Å². The molecule has 0 aromatic rings. The monoisotopic (exact) mass is 202 g/mol. The Balaban J connectivity index is 2.31. The second kappa shape index (κ2) is 4.67. The van der Waals surface area contributed by atoms with Crippen molar-refractivity contribution in [3.05, 3.63) is 0 Å². The molecule has 0 bridgehead atoms. The van der Waals surface area contributed by atoms with Gasteiger partial charge in [-0.2, -0.15) is 11.8 Å². The van der Waals surface area contributed by atoms with Crippen LogP contribution in [0.1, 0.15) is 20.3 Å². The molecule has 1 rings (SSSR count). The van der Waals surface area contributed by atoms with Crippen LogP contribution < -0.4 is 5.73 Å². The van der Waals surface area contributed by atoms with Gasteiger partial charge >= 0.3 is 0 Å². The molecule has 1 heterocycles. The molecule has 2 N–H and O–H groups in total. The van der Waals surface area contributed by atoms with E-state index < -0.39 is 0 Å². The van der Waals surface area contributed by atoms with Crippen molar-refractivity contribution in [1.82, 2.24) is 4.90 Å². The van der Waals surface area contributed by atoms with E-state index in [9.17, 15) is 0 Å². The highest BCUT2D eigenvalue weighted by atomic mass is 32.2. The van der Waals surface area contributed by atoms with E-state index in [0.717, 1.165) is 12.5 Å². The molecule has 1 aliphatic heterocycles. The molecule has 0 aromatic heterocycles. The number of hydrogen-bond donors (Lipinski definition) is 1. The lowest BCUT2D eigenvalue weighted by atomic mass is 10.1. The average molecular weight is 202 g/mol. The van der Waals surface area contributed by atoms with E-state index in [1.807, 2.05) is 11.8 Å². The highest BCUT2D eigenvalue weighted by Crippen LogP contribution is 2.25. The Hall–Kier alpha value is 0.270. The summed E-state index contributed by atoms with van der Waals surface area (Å²) < 4.78 is 0.392. The first-order valence-electron chi connectivity index (χ1n) is 5.05. The Morgan fingerprint density at radius 3 is 2.69 bits per heavy atom. The molecule has 0 aromatic carbocycles. The summed E-state index contributed by atoms with van der Waals surface area (Å²) in [4.78, 5) is 2.55. The molecular formula is C10H22N2S. The summed E-state index contributed by atoms with van der Waals surface area (Å²) in [7, 11) is 0. The molecule has 3 heteroatoms. The zero-order valence-electron chi connectivity index (χ0n) is 9.05. The molecule has 1 fully saturated rings. The van der Waals surface area contributed by atoms with E-state index >= 15 is 0 Å². The third kappa shape index (κ3) is 3.49. The van der Waals surface area contributed by atoms with Crippen molar-refractivity contribution in [2.45, 2.75) is 25.0 Å². The Morgan fingerprint density at radius 2 is 2.23 bits per heavy atom. The van der Waals surface area contributed by atoms with Gasteiger partial charge in [-0.25, -0.2) is 0 Å². The smallest absolute Gasteiger partial charge is 0.0227 e. The molecule has 0 radical (unpaired) electrons. The lowest BCUT2D eigenvalue weighted by Crippen LogP contribution is -2.35. The maximum absolute atomic E-state index is 5.66. The van der Waals surface area contributed by atoms with Gasteiger partial charge in [-0.3, -0.25) is 0 Å². The Labute approximate surface area is 86.2 Å². The number of nitrogens with two attached hydrogens (primary N) is 1. The van der Waals surface area contributed by atoms with Crippen molar-refractivity contribution in [2.75, 3.05) is 32.4 Å². The number of likely N-dealkylation sites (tertiary alicyclic amines) is 1. The molecule has 1 saturated heterocycles. The van der Waals surface area contributed by atoms with Crippen molar-refractivity contribution in [2.24, 2.45) is 11.7 Å². The Morgan fingerprint density at radius 1 is 1.54 bits per heavy atom. The average Bonchev–Trinajstić information content (AvgIpc) is 2.52. The number of nitrogens with zero attached hydrogens (tertiary/aromatic N) is 1. The lowest BCUT2D eigenvalue weighted by molar-refractivity contribution is 0.302. The summed E-state index contributed by atoms with van der Waals surface area (Å²) in [6, 6.07) is 0. The molecule has 0 amide bonds. The predicted octanol–water partition coefficient (Wildman–Crippen LogP) is 1.41. The van der Waals surface area contributed by atoms with Crippen LogP contribution in [0.25, 0.3) is 0 Å². The van der Waals surface area contributed by atoms with E-state index in [1.165, 1.54) is 26.1 Å². The van der Waals surface area contributed by atoms with Crippen LogP contribution in [-0.2, 0) is 0 Å². The number of thioether (sulfide) groups is 1. The van der Waals surface area contributed by atoms with Crippen LogP contribution in [0.4, 0.5) is 0 Å². The van der Waals surface area contributed by atoms with Crippen LogP contribution in [0.2, 0.25) is 0 Å². The fourth-order valence-corrected chi connectivity index (χ4v) is 2.16. The van der Waals surface area contributed by atoms with E-state index in [4.69, 9.17) is 5.73 Å². The van der Waals surface area contributed by atoms with Crippen LogP contribution in [0.5, 0.6) is 0 Å². The summed E-state index contributed by atoms with van der Waals surface area (Å²) in [5.74, 6) is 0.748. The van der Waals surface area contributed by atoms with E-state index in [1.54, 1.807) is 0 Å². The van der Waals surface area contributed by atoms with Crippen molar-refractivity contribution < 1.29 is 0 Å². The number of hydrogen-bond acceptors (Lipinski definition) is 3. The molecule has 0 saturated carbocycles. The molecule has 1 aliphatic rings. The third-order valence-electron chi connectivity index (χ3n) is 2.86. The quantitative estimate of drug-likeness (QED) is 0.747. The normalized spacial score (nSPS) is 25.4. The molecule has 0 spiro atoms. The fourth-order valence-electron chi connectivity index (χ4n) is 1.85. The number of rotatable bonds is 4. The van der Waals surface area contributed by atoms with Gasteiger partial charge in [-0.1, -0.05) is 0 Å². The highest BCUT2D eigenvalue weighted by molar-refractivity contribution is 7.99. The highest BCUT2D eigenvalue weighted by Gasteiger charge is 2.26. The Kier molecular flexibility index (Phi) is 4.07. The molecule has 2 nitrogen and oxygen atoms in total. The minimum Gasteiger partial charge on any atom is -0.330 e. The topological polar surface area (TPSA) is 29.3 Å². The summed E-state index contributed by atoms with van der Waals surface area (Å²) in [6.45, 7) is 9.13. The summed E-state index contributed by atoms with van der Waals surface area (Å²) in [5.41, 5.74) is 5.66. The minimum atomic E-state index is 0.392. The Bertz CT molecular complexity index is 159. The molecular weight excluding hydrogens is 180 g/mol. The van der Waals surface area contributed by atoms with Crippen LogP contribution in [0, 0.1) is 5.92 Å². The van der Waals surface area contributed by atoms with Gasteiger partial charge in [0.05, 0.1) is 0 Å². The minimum absolute atomic E-state index is 0.392. The third-order valence-corrected chi connectivity index (χ3v) is 4.09. The van der Waals surface area contributed by atoms with E-state index in [2.05, 4.69) is 25.0 Å². The zero-order chi connectivity index (χ0) is 9.90. The van der Waals surface area contributed by atoms with Crippen LogP contribution in [-0.4, -0.2) is 42.1 Å². The first-order chi connectivity index (χ1) is 6.07. The van der Waals surface area contributed by atoms with Gasteiger partial charge in [0.25, 0.3) is 0 Å². The van der Waals surface area contributed by atoms with Gasteiger partial charge in [0.15, 0.2) is 0 Å². The fraction of sp³-hybridized carbons (Fsp3) is 1.00. The van der Waals surface area contributed by atoms with Crippen LogP contribution in [0.15, 0.2) is 0 Å². The predicted molar refractivity (Wildman–Crippen MR) is 61.2 cm³/mol. The second-order valence-corrected chi connectivity index (χ2v) is 6.10. The van der Waals surface area contributed by atoms with Gasteiger partial charge in [0.2, 0.25) is 0 Å². The largest absolute Gasteiger partial charge is 0.330 e. The summed E-state index contributed by atoms with van der Waals surface area (Å²) in [6.07, 6.45) is 3.48. The SMILES string of the molecule is CSC(C)(C)CN1CCC(CN)C1. The van der Waals surface area contributed by atoms with Crippen molar-refractivity contribution in [1.29, 1.82) is 0 Å². The van der Waals surface area contributed by atoms with Gasteiger partial charge in [0.1, 0.15) is 0 Å². The molecule has 13 heavy (non-hydrogen) atoms. The van der Waals surface area contributed by atoms with E-state index in [0.29, 0.717) is 4.75 Å². The molecule has 1 unspecified atom stereocenters. The van der Waals surface area contributed by atoms with Crippen molar-refractivity contribution in [3.8, 4) is 0 Å². The lowest BCUT2D eigenvalue weighted by Gasteiger charge is -2.28. The molecule has 1 atom stereocenters. The van der Waals surface area contributed by atoms with Crippen LogP contribution >= 0.6 is 11.8 Å². The standard InChI is InChI=1S/C10H22N2S/c1-10(2,13-3)8-12-5-4-9(6-11)7-12/h9H,4-8,11H2,1-3H3. The van der Waals surface area contributed by atoms with E-state index in [-0.39, 0.29) is 0 Å². The van der Waals surface area contributed by atoms with Gasteiger partial charge in [-0.15, -0.1) is 0 Å². The van der Waals surface area contributed by atoms with Crippen LogP contribution in [0.3, 0.4) is 0 Å². The molecule has 78 valence electrons. The maximum Gasteiger partial charge on any atom is 0.0227 e. The first kappa shape index (κ1) is 11.3. The van der Waals surface area contributed by atoms with Gasteiger partial charge < -0.3 is 10.6 Å². The van der Waals surface area contributed by atoms with Gasteiger partial charge in [-0.05, 0) is 45.5 Å². The summed E-state index contributed by atoms with van der Waals surface area (Å²) >= 11 is 1.95. The van der Waals surface area contributed by atoms with Crippen molar-refractivity contribution >= 4 is 11.8 Å². The molecule has 0 aliphatic carbocycles. The maximum atomic E-state index is 5.66. The second-order valence-electron chi connectivity index (χ2n) is 4.59. The van der Waals surface area contributed by atoms with Crippen molar-refractivity contribution in [3.63, 3.8) is 0 Å². The first-order valence-corrected chi connectivity index (χ1v) is 6.27. The zero-order valence-corrected chi connectivity index (χ0v) is 9.86.